The lowest BCUT2D eigenvalue weighted by atomic mass is 9.83. The number of benzene rings is 1. The highest BCUT2D eigenvalue weighted by Crippen LogP contribution is 2.42. The van der Waals surface area contributed by atoms with Crippen molar-refractivity contribution in [2.24, 2.45) is 0 Å². The molecular formula is C44H70Si2. The van der Waals surface area contributed by atoms with Gasteiger partial charge in [0.2, 0.25) is 0 Å². The Kier molecular flexibility index (Phi) is 17.9. The summed E-state index contributed by atoms with van der Waals surface area (Å²) in [5.74, 6) is 14.2. The van der Waals surface area contributed by atoms with Gasteiger partial charge in [0.1, 0.15) is 16.1 Å². The van der Waals surface area contributed by atoms with Gasteiger partial charge in [-0.25, -0.2) is 0 Å². The third kappa shape index (κ3) is 9.50. The zero-order chi connectivity index (χ0) is 35.2. The first-order valence-electron chi connectivity index (χ1n) is 18.9. The summed E-state index contributed by atoms with van der Waals surface area (Å²) in [4.78, 5) is 0. The van der Waals surface area contributed by atoms with E-state index in [-0.39, 0.29) is 0 Å². The van der Waals surface area contributed by atoms with Crippen molar-refractivity contribution in [1.29, 1.82) is 0 Å². The molecule has 0 atom stereocenters. The summed E-state index contributed by atoms with van der Waals surface area (Å²) >= 11 is 0. The Bertz CT molecular complexity index is 1170. The van der Waals surface area contributed by atoms with Gasteiger partial charge in [0, 0.05) is 22.3 Å². The Labute approximate surface area is 290 Å². The summed E-state index contributed by atoms with van der Waals surface area (Å²) < 4.78 is 0. The summed E-state index contributed by atoms with van der Waals surface area (Å²) in [6.45, 7) is 33.1. The molecule has 0 aliphatic rings. The third-order valence-corrected chi connectivity index (χ3v) is 23.7. The first-order valence-corrected chi connectivity index (χ1v) is 23.3. The molecule has 0 saturated heterocycles. The Morgan fingerprint density at radius 3 is 0.935 bits per heavy atom. The van der Waals surface area contributed by atoms with Crippen molar-refractivity contribution < 1.29 is 0 Å². The van der Waals surface area contributed by atoms with E-state index in [0.29, 0.717) is 33.2 Å². The van der Waals surface area contributed by atoms with Gasteiger partial charge in [-0.05, 0) is 70.1 Å². The van der Waals surface area contributed by atoms with Gasteiger partial charge in [-0.1, -0.05) is 159 Å². The molecule has 0 nitrogen and oxygen atoms in total. The van der Waals surface area contributed by atoms with Gasteiger partial charge in [0.25, 0.3) is 0 Å². The van der Waals surface area contributed by atoms with E-state index in [1.54, 1.807) is 0 Å². The van der Waals surface area contributed by atoms with Gasteiger partial charge in [0.15, 0.2) is 0 Å². The van der Waals surface area contributed by atoms with Crippen LogP contribution >= 0.6 is 0 Å². The molecule has 46 heavy (non-hydrogen) atoms. The molecule has 0 fully saturated rings. The molecule has 1 aromatic rings. The second-order valence-corrected chi connectivity index (χ2v) is 26.8. The van der Waals surface area contributed by atoms with Crippen LogP contribution in [0.2, 0.25) is 33.2 Å². The van der Waals surface area contributed by atoms with Crippen LogP contribution in [0, 0.1) is 47.6 Å². The van der Waals surface area contributed by atoms with Gasteiger partial charge in [-0.3, -0.25) is 0 Å². The van der Waals surface area contributed by atoms with Crippen LogP contribution in [0.1, 0.15) is 182 Å². The summed E-state index contributed by atoms with van der Waals surface area (Å²) in [5.41, 5.74) is 17.8. The van der Waals surface area contributed by atoms with E-state index in [1.807, 2.05) is 0 Å². The van der Waals surface area contributed by atoms with Crippen molar-refractivity contribution in [3.63, 3.8) is 0 Å². The normalized spacial score (nSPS) is 12.0. The monoisotopic (exact) mass is 655 g/mol. The number of unbranched alkanes of at least 4 members (excludes halogenated alkanes) is 6. The molecule has 0 unspecified atom stereocenters. The molecule has 2 heteroatoms. The van der Waals surface area contributed by atoms with E-state index in [2.05, 4.69) is 132 Å². The predicted molar refractivity (Wildman–Crippen MR) is 214 cm³/mol. The van der Waals surface area contributed by atoms with E-state index in [9.17, 15) is 0 Å². The first kappa shape index (κ1) is 41.9. The second-order valence-electron chi connectivity index (χ2n) is 15.7. The maximum atomic E-state index is 6.54. The average molecular weight is 655 g/mol. The van der Waals surface area contributed by atoms with Crippen LogP contribution in [-0.4, -0.2) is 16.1 Å². The minimum atomic E-state index is -1.99. The average Bonchev–Trinajstić information content (AvgIpc) is 2.97. The SMILES string of the molecule is C#Cc1c(C#C[Si](C(C)C)(C(C)C)C(C)C)c(CCCCCC)c(C#C)c(C#C[Si](C(C)C)(C(C)C)C(C)C)c1CCCCCC. The highest BCUT2D eigenvalue weighted by molar-refractivity contribution is 6.91. The van der Waals surface area contributed by atoms with Crippen LogP contribution < -0.4 is 0 Å². The summed E-state index contributed by atoms with van der Waals surface area (Å²) in [6, 6.07) is 0. The van der Waals surface area contributed by atoms with Gasteiger partial charge in [-0.2, -0.15) is 0 Å². The standard InChI is InChI=1S/C44H70Si2/c1-17-21-23-25-27-41-39(19-3)44(30-32-46(36(11)12,37(13)14)38(15)16)42(28-26-24-22-18-2)40(20-4)43(41)29-31-45(33(5)6,34(7)8)35(9)10/h3-4,33-38H,17-18,21-28H2,1-2,5-16H3. The molecule has 254 valence electrons. The highest BCUT2D eigenvalue weighted by Gasteiger charge is 2.43. The summed E-state index contributed by atoms with van der Waals surface area (Å²) in [6.07, 6.45) is 24.3. The van der Waals surface area contributed by atoms with E-state index in [0.717, 1.165) is 47.9 Å². The molecule has 0 N–H and O–H groups in total. The van der Waals surface area contributed by atoms with Crippen molar-refractivity contribution in [1.82, 2.24) is 0 Å². The molecule has 0 spiro atoms. The van der Waals surface area contributed by atoms with Crippen molar-refractivity contribution in [3.05, 3.63) is 33.4 Å². The van der Waals surface area contributed by atoms with Gasteiger partial charge in [-0.15, -0.1) is 23.9 Å². The second kappa shape index (κ2) is 19.7. The molecule has 1 aromatic carbocycles. The Balaban J connectivity index is 4.46. The van der Waals surface area contributed by atoms with Crippen LogP contribution in [0.25, 0.3) is 0 Å². The maximum absolute atomic E-state index is 6.54. The van der Waals surface area contributed by atoms with E-state index in [4.69, 9.17) is 12.8 Å². The van der Waals surface area contributed by atoms with Crippen molar-refractivity contribution in [3.8, 4) is 47.6 Å². The van der Waals surface area contributed by atoms with Gasteiger partial charge in [0.05, 0.1) is 0 Å². The lowest BCUT2D eigenvalue weighted by Gasteiger charge is -2.38. The third-order valence-electron chi connectivity index (χ3n) is 11.1. The number of rotatable bonds is 16. The van der Waals surface area contributed by atoms with Crippen molar-refractivity contribution in [2.45, 2.75) is 194 Å². The molecular weight excluding hydrogens is 585 g/mol. The fourth-order valence-electron chi connectivity index (χ4n) is 8.61. The summed E-state index contributed by atoms with van der Waals surface area (Å²) in [5, 5.41) is 0. The van der Waals surface area contributed by atoms with Crippen LogP contribution in [0.3, 0.4) is 0 Å². The molecule has 0 bridgehead atoms. The molecule has 0 aromatic heterocycles. The Morgan fingerprint density at radius 1 is 0.435 bits per heavy atom. The minimum Gasteiger partial charge on any atom is -0.125 e. The van der Waals surface area contributed by atoms with E-state index in [1.165, 1.54) is 49.7 Å². The molecule has 0 amide bonds. The Morgan fingerprint density at radius 2 is 0.717 bits per heavy atom. The molecule has 0 aliphatic carbocycles. The molecule has 0 heterocycles. The number of terminal acetylenes is 2. The molecule has 1 rings (SSSR count). The lowest BCUT2D eigenvalue weighted by molar-refractivity contribution is 0.661. The lowest BCUT2D eigenvalue weighted by Crippen LogP contribution is -2.43. The zero-order valence-corrected chi connectivity index (χ0v) is 34.7. The van der Waals surface area contributed by atoms with Crippen LogP contribution in [-0.2, 0) is 12.8 Å². The minimum absolute atomic E-state index is 0.550. The van der Waals surface area contributed by atoms with Crippen LogP contribution in [0.15, 0.2) is 0 Å². The molecule has 0 saturated carbocycles. The van der Waals surface area contributed by atoms with Crippen LogP contribution in [0.4, 0.5) is 0 Å². The maximum Gasteiger partial charge on any atom is 0.146 e. The highest BCUT2D eigenvalue weighted by atomic mass is 28.3. The summed E-state index contributed by atoms with van der Waals surface area (Å²) in [7, 11) is -3.98. The van der Waals surface area contributed by atoms with Gasteiger partial charge < -0.3 is 0 Å². The van der Waals surface area contributed by atoms with Gasteiger partial charge >= 0.3 is 0 Å². The smallest absolute Gasteiger partial charge is 0.125 e. The number of hydrogen-bond donors (Lipinski definition) is 0. The van der Waals surface area contributed by atoms with Crippen LogP contribution in [0.5, 0.6) is 0 Å². The zero-order valence-electron chi connectivity index (χ0n) is 32.7. The fourth-order valence-corrected chi connectivity index (χ4v) is 19.0. The predicted octanol–water partition coefficient (Wildman–Crippen LogP) is 13.0. The van der Waals surface area contributed by atoms with E-state index < -0.39 is 16.1 Å². The Hall–Kier alpha value is -2.11. The fraction of sp³-hybridized carbons (Fsp3) is 0.682. The largest absolute Gasteiger partial charge is 0.146 e. The number of hydrogen-bond acceptors (Lipinski definition) is 0. The quantitative estimate of drug-likeness (QED) is 0.0945. The van der Waals surface area contributed by atoms with E-state index >= 15 is 0 Å². The van der Waals surface area contributed by atoms with Crippen molar-refractivity contribution >= 4 is 16.1 Å². The molecule has 0 aliphatic heterocycles. The molecule has 0 radical (unpaired) electrons. The van der Waals surface area contributed by atoms with Crippen molar-refractivity contribution in [2.75, 3.05) is 0 Å². The topological polar surface area (TPSA) is 0 Å². The first-order chi connectivity index (χ1) is 21.6.